The highest BCUT2D eigenvalue weighted by atomic mass is 16.5. The second kappa shape index (κ2) is 2.47. The molecule has 0 bridgehead atoms. The van der Waals surface area contributed by atoms with Gasteiger partial charge in [0.25, 0.3) is 0 Å². The van der Waals surface area contributed by atoms with Crippen LogP contribution in [0.2, 0.25) is 0 Å². The van der Waals surface area contributed by atoms with E-state index >= 15 is 0 Å². The maximum Gasteiger partial charge on any atom is 0.228 e. The molecule has 2 heterocycles. The van der Waals surface area contributed by atoms with Crippen LogP contribution < -0.4 is 5.32 Å². The van der Waals surface area contributed by atoms with Gasteiger partial charge in [0.2, 0.25) is 5.91 Å². The number of nitrogens with one attached hydrogen (secondary N) is 1. The lowest BCUT2D eigenvalue weighted by molar-refractivity contribution is -0.163. The fraction of sp³-hybridized carbons (Fsp3) is 0.900. The van der Waals surface area contributed by atoms with Crippen molar-refractivity contribution in [1.29, 1.82) is 0 Å². The Kier molecular flexibility index (Phi) is 1.48. The Morgan fingerprint density at radius 2 is 2.23 bits per heavy atom. The fourth-order valence-electron chi connectivity index (χ4n) is 2.90. The van der Waals surface area contributed by atoms with Crippen molar-refractivity contribution >= 4 is 5.91 Å². The summed E-state index contributed by atoms with van der Waals surface area (Å²) in [6.45, 7) is 0.882. The molecule has 1 spiro atoms. The summed E-state index contributed by atoms with van der Waals surface area (Å²) < 4.78 is 5.62. The summed E-state index contributed by atoms with van der Waals surface area (Å²) in [5, 5.41) is 3.01. The molecule has 1 N–H and O–H groups in total. The van der Waals surface area contributed by atoms with Crippen LogP contribution in [-0.4, -0.2) is 24.7 Å². The van der Waals surface area contributed by atoms with Gasteiger partial charge in [-0.25, -0.2) is 0 Å². The highest BCUT2D eigenvalue weighted by Crippen LogP contribution is 2.51. The van der Waals surface area contributed by atoms with Crippen LogP contribution in [0.5, 0.6) is 0 Å². The number of carbonyl (C=O) groups is 1. The minimum atomic E-state index is 0.00894. The van der Waals surface area contributed by atoms with E-state index in [4.69, 9.17) is 4.74 Å². The molecule has 1 aliphatic carbocycles. The number of rotatable bonds is 1. The first-order valence-corrected chi connectivity index (χ1v) is 5.25. The third-order valence-corrected chi connectivity index (χ3v) is 3.92. The standard InChI is InChI=1S/C10H15NO2/c12-9-10(4-2-5-10)8(11-9)7-3-1-6-13-7/h7-8H,1-6H2,(H,11,12)/t7-,8+/m0/s1. The van der Waals surface area contributed by atoms with Gasteiger partial charge in [0, 0.05) is 6.61 Å². The Morgan fingerprint density at radius 3 is 2.69 bits per heavy atom. The van der Waals surface area contributed by atoms with E-state index in [1.54, 1.807) is 0 Å². The molecule has 0 unspecified atom stereocenters. The Bertz CT molecular complexity index is 241. The highest BCUT2D eigenvalue weighted by molar-refractivity contribution is 5.91. The molecule has 2 saturated heterocycles. The molecule has 0 aromatic rings. The first-order chi connectivity index (χ1) is 6.33. The Balaban J connectivity index is 1.75. The van der Waals surface area contributed by atoms with Gasteiger partial charge in [-0.3, -0.25) is 4.79 Å². The quantitative estimate of drug-likeness (QED) is 0.609. The van der Waals surface area contributed by atoms with Crippen LogP contribution >= 0.6 is 0 Å². The first kappa shape index (κ1) is 7.80. The number of carbonyl (C=O) groups excluding carboxylic acids is 1. The molecule has 2 aliphatic heterocycles. The maximum absolute atomic E-state index is 11.4. The molecule has 1 amide bonds. The van der Waals surface area contributed by atoms with Crippen molar-refractivity contribution in [1.82, 2.24) is 5.32 Å². The van der Waals surface area contributed by atoms with Crippen molar-refractivity contribution in [2.24, 2.45) is 5.41 Å². The normalized spacial score (nSPS) is 41.1. The van der Waals surface area contributed by atoms with Crippen molar-refractivity contribution in [2.75, 3.05) is 6.61 Å². The monoisotopic (exact) mass is 181 g/mol. The third kappa shape index (κ3) is 0.857. The van der Waals surface area contributed by atoms with Gasteiger partial charge < -0.3 is 10.1 Å². The molecular formula is C10H15NO2. The molecule has 1 saturated carbocycles. The number of hydrogen-bond donors (Lipinski definition) is 1. The molecule has 13 heavy (non-hydrogen) atoms. The molecule has 3 rings (SSSR count). The molecule has 3 aliphatic rings. The maximum atomic E-state index is 11.4. The summed E-state index contributed by atoms with van der Waals surface area (Å²) in [6.07, 6.45) is 6.00. The third-order valence-electron chi connectivity index (χ3n) is 3.92. The molecule has 0 radical (unpaired) electrons. The lowest BCUT2D eigenvalue weighted by Crippen LogP contribution is -2.73. The van der Waals surface area contributed by atoms with Crippen LogP contribution in [0.4, 0.5) is 0 Å². The highest BCUT2D eigenvalue weighted by Gasteiger charge is 2.61. The van der Waals surface area contributed by atoms with Crippen LogP contribution in [0.25, 0.3) is 0 Å². The van der Waals surface area contributed by atoms with Crippen LogP contribution in [0.3, 0.4) is 0 Å². The van der Waals surface area contributed by atoms with Crippen LogP contribution in [0.1, 0.15) is 32.1 Å². The van der Waals surface area contributed by atoms with Crippen molar-refractivity contribution in [3.05, 3.63) is 0 Å². The fourth-order valence-corrected chi connectivity index (χ4v) is 2.90. The van der Waals surface area contributed by atoms with E-state index in [0.29, 0.717) is 12.1 Å². The lowest BCUT2D eigenvalue weighted by Gasteiger charge is -2.56. The van der Waals surface area contributed by atoms with Gasteiger partial charge in [0.1, 0.15) is 0 Å². The van der Waals surface area contributed by atoms with E-state index in [-0.39, 0.29) is 11.3 Å². The predicted octanol–water partition coefficient (Wildman–Crippen LogP) is 0.834. The van der Waals surface area contributed by atoms with Gasteiger partial charge in [0.05, 0.1) is 17.6 Å². The van der Waals surface area contributed by atoms with Crippen molar-refractivity contribution in [3.8, 4) is 0 Å². The predicted molar refractivity (Wildman–Crippen MR) is 47.2 cm³/mol. The average Bonchev–Trinajstić information content (AvgIpc) is 2.48. The number of ether oxygens (including phenoxy) is 1. The molecule has 0 aromatic heterocycles. The number of β-lactam (4-membered cyclic amide) rings is 1. The minimum Gasteiger partial charge on any atom is -0.376 e. The van der Waals surface area contributed by atoms with E-state index in [2.05, 4.69) is 5.32 Å². The molecule has 3 heteroatoms. The Labute approximate surface area is 77.8 Å². The lowest BCUT2D eigenvalue weighted by atomic mass is 9.57. The smallest absolute Gasteiger partial charge is 0.228 e. The molecular weight excluding hydrogens is 166 g/mol. The van der Waals surface area contributed by atoms with Gasteiger partial charge in [0.15, 0.2) is 0 Å². The molecule has 3 fully saturated rings. The zero-order valence-corrected chi connectivity index (χ0v) is 7.71. The van der Waals surface area contributed by atoms with Gasteiger partial charge in [-0.05, 0) is 25.7 Å². The molecule has 0 aromatic carbocycles. The van der Waals surface area contributed by atoms with E-state index in [0.717, 1.165) is 32.3 Å². The summed E-state index contributed by atoms with van der Waals surface area (Å²) in [7, 11) is 0. The topological polar surface area (TPSA) is 38.3 Å². The summed E-state index contributed by atoms with van der Waals surface area (Å²) in [4.78, 5) is 11.4. The zero-order valence-electron chi connectivity index (χ0n) is 7.71. The van der Waals surface area contributed by atoms with Crippen molar-refractivity contribution < 1.29 is 9.53 Å². The van der Waals surface area contributed by atoms with Crippen molar-refractivity contribution in [3.63, 3.8) is 0 Å². The summed E-state index contributed by atoms with van der Waals surface area (Å²) >= 11 is 0. The Morgan fingerprint density at radius 1 is 1.38 bits per heavy atom. The zero-order chi connectivity index (χ0) is 8.89. The average molecular weight is 181 g/mol. The van der Waals surface area contributed by atoms with E-state index < -0.39 is 0 Å². The molecule has 3 nitrogen and oxygen atoms in total. The number of hydrogen-bond acceptors (Lipinski definition) is 2. The van der Waals surface area contributed by atoms with E-state index in [1.165, 1.54) is 6.42 Å². The Hall–Kier alpha value is -0.570. The van der Waals surface area contributed by atoms with Crippen LogP contribution in [0.15, 0.2) is 0 Å². The summed E-state index contributed by atoms with van der Waals surface area (Å²) in [5.41, 5.74) is 0.00894. The van der Waals surface area contributed by atoms with Crippen LogP contribution in [0, 0.1) is 5.41 Å². The minimum absolute atomic E-state index is 0.00894. The molecule has 2 atom stereocenters. The van der Waals surface area contributed by atoms with Gasteiger partial charge in [-0.1, -0.05) is 6.42 Å². The van der Waals surface area contributed by atoms with Gasteiger partial charge in [-0.15, -0.1) is 0 Å². The summed E-state index contributed by atoms with van der Waals surface area (Å²) in [6, 6.07) is 0.344. The van der Waals surface area contributed by atoms with Gasteiger partial charge >= 0.3 is 0 Å². The largest absolute Gasteiger partial charge is 0.376 e. The van der Waals surface area contributed by atoms with E-state index in [9.17, 15) is 4.79 Å². The van der Waals surface area contributed by atoms with Crippen LogP contribution in [-0.2, 0) is 9.53 Å². The van der Waals surface area contributed by atoms with Crippen molar-refractivity contribution in [2.45, 2.75) is 44.2 Å². The number of amides is 1. The van der Waals surface area contributed by atoms with Gasteiger partial charge in [-0.2, -0.15) is 0 Å². The summed E-state index contributed by atoms with van der Waals surface area (Å²) in [5.74, 6) is 0.277. The van der Waals surface area contributed by atoms with E-state index in [1.807, 2.05) is 0 Å². The SMILES string of the molecule is O=C1N[C@H]([C@@H]2CCCO2)C12CCC2. The second-order valence-electron chi connectivity index (χ2n) is 4.51. The second-order valence-corrected chi connectivity index (χ2v) is 4.51. The molecule has 72 valence electrons. The first-order valence-electron chi connectivity index (χ1n) is 5.25.